The summed E-state index contributed by atoms with van der Waals surface area (Å²) in [7, 11) is 1.57. The molecule has 0 saturated carbocycles. The van der Waals surface area contributed by atoms with Crippen LogP contribution in [0.4, 0.5) is 5.69 Å². The highest BCUT2D eigenvalue weighted by atomic mass is 16.5. The van der Waals surface area contributed by atoms with E-state index < -0.39 is 0 Å². The molecule has 1 atom stereocenters. The third kappa shape index (κ3) is 4.30. The first-order valence-corrected chi connectivity index (χ1v) is 8.64. The molecule has 138 valence electrons. The van der Waals surface area contributed by atoms with Crippen LogP contribution in [0.5, 0.6) is 0 Å². The third-order valence-electron chi connectivity index (χ3n) is 4.10. The second-order valence-corrected chi connectivity index (χ2v) is 6.21. The Balaban J connectivity index is 1.85. The number of carbonyl (C=O) groups is 2. The summed E-state index contributed by atoms with van der Waals surface area (Å²) in [4.78, 5) is 29.5. The largest absolute Gasteiger partial charge is 0.383 e. The highest BCUT2D eigenvalue weighted by molar-refractivity contribution is 6.14. The van der Waals surface area contributed by atoms with Crippen LogP contribution in [0.3, 0.4) is 0 Å². The lowest BCUT2D eigenvalue weighted by molar-refractivity contribution is 0.0901. The van der Waals surface area contributed by atoms with E-state index >= 15 is 0 Å². The fourth-order valence-electron chi connectivity index (χ4n) is 2.88. The number of aromatic nitrogens is 1. The maximum atomic E-state index is 12.8. The summed E-state index contributed by atoms with van der Waals surface area (Å²) in [6.07, 6.45) is 1.52. The molecule has 6 heteroatoms. The van der Waals surface area contributed by atoms with Gasteiger partial charge in [-0.3, -0.25) is 9.59 Å². The van der Waals surface area contributed by atoms with Crippen LogP contribution in [0.2, 0.25) is 0 Å². The molecule has 1 unspecified atom stereocenters. The van der Waals surface area contributed by atoms with Gasteiger partial charge in [0.2, 0.25) is 0 Å². The second kappa shape index (κ2) is 8.42. The summed E-state index contributed by atoms with van der Waals surface area (Å²) in [5, 5.41) is 7.44. The first-order chi connectivity index (χ1) is 13.1. The molecule has 0 spiro atoms. The number of carbonyl (C=O) groups excluding carboxylic acids is 2. The van der Waals surface area contributed by atoms with E-state index in [0.29, 0.717) is 17.9 Å². The fourth-order valence-corrected chi connectivity index (χ4v) is 2.88. The zero-order valence-corrected chi connectivity index (χ0v) is 15.2. The van der Waals surface area contributed by atoms with E-state index in [1.54, 1.807) is 25.3 Å². The quantitative estimate of drug-likeness (QED) is 0.704. The van der Waals surface area contributed by atoms with Gasteiger partial charge >= 0.3 is 0 Å². The van der Waals surface area contributed by atoms with Gasteiger partial charge in [-0.25, -0.2) is 4.98 Å². The molecule has 3 rings (SSSR count). The van der Waals surface area contributed by atoms with E-state index in [1.807, 2.05) is 43.3 Å². The van der Waals surface area contributed by atoms with Crippen molar-refractivity contribution in [3.8, 4) is 0 Å². The summed E-state index contributed by atoms with van der Waals surface area (Å²) in [5.41, 5.74) is 1.06. The second-order valence-electron chi connectivity index (χ2n) is 6.21. The predicted molar refractivity (Wildman–Crippen MR) is 105 cm³/mol. The minimum atomic E-state index is -0.367. The van der Waals surface area contributed by atoms with Crippen molar-refractivity contribution in [2.24, 2.45) is 0 Å². The third-order valence-corrected chi connectivity index (χ3v) is 4.10. The highest BCUT2D eigenvalue weighted by Gasteiger charge is 2.18. The van der Waals surface area contributed by atoms with Gasteiger partial charge in [0.1, 0.15) is 0 Å². The molecule has 2 aromatic carbocycles. The van der Waals surface area contributed by atoms with Crippen LogP contribution < -0.4 is 10.6 Å². The van der Waals surface area contributed by atoms with Crippen molar-refractivity contribution in [3.63, 3.8) is 0 Å². The van der Waals surface area contributed by atoms with Crippen molar-refractivity contribution in [1.29, 1.82) is 0 Å². The SMILES string of the molecule is COCC(C)NC(=O)c1ncccc1NC(=O)c1cccc2ccccc12. The van der Waals surface area contributed by atoms with E-state index in [2.05, 4.69) is 15.6 Å². The number of anilines is 1. The maximum Gasteiger partial charge on any atom is 0.272 e. The molecule has 1 heterocycles. The molecule has 0 radical (unpaired) electrons. The number of nitrogens with zero attached hydrogens (tertiary/aromatic N) is 1. The molecule has 0 aliphatic rings. The van der Waals surface area contributed by atoms with Crippen molar-refractivity contribution in [1.82, 2.24) is 10.3 Å². The average molecular weight is 363 g/mol. The van der Waals surface area contributed by atoms with E-state index in [9.17, 15) is 9.59 Å². The molecular formula is C21H21N3O3. The molecule has 3 aromatic rings. The minimum Gasteiger partial charge on any atom is -0.383 e. The topological polar surface area (TPSA) is 80.3 Å². The molecule has 0 aliphatic heterocycles. The van der Waals surface area contributed by atoms with Gasteiger partial charge in [0.05, 0.1) is 12.3 Å². The van der Waals surface area contributed by atoms with Gasteiger partial charge in [0, 0.05) is 24.9 Å². The lowest BCUT2D eigenvalue weighted by Gasteiger charge is -2.15. The number of benzene rings is 2. The molecule has 0 saturated heterocycles. The molecule has 27 heavy (non-hydrogen) atoms. The van der Waals surface area contributed by atoms with Gasteiger partial charge < -0.3 is 15.4 Å². The van der Waals surface area contributed by atoms with Gasteiger partial charge in [0.25, 0.3) is 11.8 Å². The molecular weight excluding hydrogens is 342 g/mol. The number of ether oxygens (including phenoxy) is 1. The average Bonchev–Trinajstić information content (AvgIpc) is 2.68. The molecule has 1 aromatic heterocycles. The van der Waals surface area contributed by atoms with Gasteiger partial charge in [-0.15, -0.1) is 0 Å². The number of hydrogen-bond acceptors (Lipinski definition) is 4. The number of nitrogens with one attached hydrogen (secondary N) is 2. The van der Waals surface area contributed by atoms with Crippen LogP contribution >= 0.6 is 0 Å². The normalized spacial score (nSPS) is 11.8. The van der Waals surface area contributed by atoms with E-state index in [-0.39, 0.29) is 23.6 Å². The minimum absolute atomic E-state index is 0.161. The Morgan fingerprint density at radius 3 is 2.63 bits per heavy atom. The Kier molecular flexibility index (Phi) is 5.78. The number of hydrogen-bond donors (Lipinski definition) is 2. The Labute approximate surface area is 157 Å². The van der Waals surface area contributed by atoms with Crippen LogP contribution in [0.25, 0.3) is 10.8 Å². The number of fused-ring (bicyclic) bond motifs is 1. The summed E-state index contributed by atoms with van der Waals surface area (Å²) in [6.45, 7) is 2.22. The first-order valence-electron chi connectivity index (χ1n) is 8.64. The van der Waals surface area contributed by atoms with Crippen molar-refractivity contribution in [3.05, 3.63) is 72.1 Å². The zero-order chi connectivity index (χ0) is 19.2. The number of pyridine rings is 1. The first kappa shape index (κ1) is 18.5. The fraction of sp³-hybridized carbons (Fsp3) is 0.190. The molecule has 6 nitrogen and oxygen atoms in total. The monoisotopic (exact) mass is 363 g/mol. The Hall–Kier alpha value is -3.25. The summed E-state index contributed by atoms with van der Waals surface area (Å²) in [6, 6.07) is 16.4. The molecule has 0 bridgehead atoms. The number of rotatable bonds is 6. The summed E-state index contributed by atoms with van der Waals surface area (Å²) >= 11 is 0. The maximum absolute atomic E-state index is 12.8. The van der Waals surface area contributed by atoms with Crippen LogP contribution in [0.1, 0.15) is 27.8 Å². The lowest BCUT2D eigenvalue weighted by atomic mass is 10.0. The van der Waals surface area contributed by atoms with E-state index in [4.69, 9.17) is 4.74 Å². The lowest BCUT2D eigenvalue weighted by Crippen LogP contribution is -2.36. The zero-order valence-electron chi connectivity index (χ0n) is 15.2. The number of amides is 2. The predicted octanol–water partition coefficient (Wildman–Crippen LogP) is 3.25. The van der Waals surface area contributed by atoms with Gasteiger partial charge in [-0.1, -0.05) is 36.4 Å². The van der Waals surface area contributed by atoms with Gasteiger partial charge in [-0.2, -0.15) is 0 Å². The Bertz CT molecular complexity index is 966. The summed E-state index contributed by atoms with van der Waals surface area (Å²) in [5.74, 6) is -0.660. The smallest absolute Gasteiger partial charge is 0.272 e. The van der Waals surface area contributed by atoms with Gasteiger partial charge in [0.15, 0.2) is 5.69 Å². The van der Waals surface area contributed by atoms with Crippen LogP contribution in [0, 0.1) is 0 Å². The van der Waals surface area contributed by atoms with Crippen molar-refractivity contribution in [2.45, 2.75) is 13.0 Å². The van der Waals surface area contributed by atoms with Crippen molar-refractivity contribution < 1.29 is 14.3 Å². The van der Waals surface area contributed by atoms with E-state index in [1.165, 1.54) is 6.20 Å². The van der Waals surface area contributed by atoms with Gasteiger partial charge in [-0.05, 0) is 35.9 Å². The van der Waals surface area contributed by atoms with E-state index in [0.717, 1.165) is 10.8 Å². The van der Waals surface area contributed by atoms with Crippen LogP contribution in [-0.2, 0) is 4.74 Å². The Morgan fingerprint density at radius 2 is 1.81 bits per heavy atom. The Morgan fingerprint density at radius 1 is 1.04 bits per heavy atom. The number of methoxy groups -OCH3 is 1. The van der Waals surface area contributed by atoms with Crippen LogP contribution in [-0.4, -0.2) is 36.6 Å². The molecule has 0 fully saturated rings. The molecule has 2 amide bonds. The summed E-state index contributed by atoms with van der Waals surface area (Å²) < 4.78 is 5.03. The standard InChI is InChI=1S/C21H21N3O3/c1-14(13-27-2)23-21(26)19-18(11-6-12-22-19)24-20(25)17-10-5-8-15-7-3-4-9-16(15)17/h3-12,14H,13H2,1-2H3,(H,23,26)(H,24,25). The van der Waals surface area contributed by atoms with Crippen molar-refractivity contribution in [2.75, 3.05) is 19.0 Å². The molecule has 2 N–H and O–H groups in total. The highest BCUT2D eigenvalue weighted by Crippen LogP contribution is 2.21. The van der Waals surface area contributed by atoms with Crippen LogP contribution in [0.15, 0.2) is 60.8 Å². The molecule has 0 aliphatic carbocycles. The van der Waals surface area contributed by atoms with Crippen molar-refractivity contribution >= 4 is 28.3 Å².